The molecule has 6 bridgehead atoms. The van der Waals surface area contributed by atoms with E-state index in [-0.39, 0.29) is 49.3 Å². The minimum atomic E-state index is -3.16. The van der Waals surface area contributed by atoms with Crippen LogP contribution in [0.15, 0.2) is 41.9 Å². The van der Waals surface area contributed by atoms with Crippen molar-refractivity contribution in [1.82, 2.24) is 30.3 Å². The molecule has 3 fully saturated rings. The molecule has 8 rings (SSSR count). The number of thiazole rings is 1. The van der Waals surface area contributed by atoms with Gasteiger partial charge >= 0.3 is 5.97 Å². The summed E-state index contributed by atoms with van der Waals surface area (Å²) in [6.45, 7) is 12.3. The van der Waals surface area contributed by atoms with Crippen molar-refractivity contribution in [3.8, 4) is 22.5 Å². The Bertz CT molecular complexity index is 2180. The Morgan fingerprint density at radius 2 is 1.96 bits per heavy atom. The quantitative estimate of drug-likeness (QED) is 0.222. The molecule has 4 aliphatic rings. The number of rotatable bonds is 6. The minimum absolute atomic E-state index is 0.0564. The van der Waals surface area contributed by atoms with E-state index in [9.17, 15) is 14.4 Å². The van der Waals surface area contributed by atoms with Crippen LogP contribution in [-0.4, -0.2) is 75.6 Å². The van der Waals surface area contributed by atoms with Gasteiger partial charge in [-0.05, 0) is 61.9 Å². The third-order valence-corrected chi connectivity index (χ3v) is 13.2. The molecule has 0 radical (unpaired) electrons. The van der Waals surface area contributed by atoms with Crippen molar-refractivity contribution in [3.05, 3.63) is 58.2 Å². The first-order valence-corrected chi connectivity index (χ1v) is 20.0. The van der Waals surface area contributed by atoms with Gasteiger partial charge in [-0.1, -0.05) is 33.8 Å². The van der Waals surface area contributed by atoms with Gasteiger partial charge in [-0.15, -0.1) is 11.3 Å². The number of carbonyl (C=O) groups excluding carboxylic acids is 3. The van der Waals surface area contributed by atoms with E-state index in [1.54, 1.807) is 13.3 Å². The normalized spacial score (nSPS) is 28.9. The van der Waals surface area contributed by atoms with Gasteiger partial charge in [0.2, 0.25) is 5.91 Å². The van der Waals surface area contributed by atoms with Gasteiger partial charge in [0, 0.05) is 71.6 Å². The van der Waals surface area contributed by atoms with Crippen LogP contribution in [0.4, 0.5) is 8.78 Å². The molecule has 2 aliphatic carbocycles. The van der Waals surface area contributed by atoms with Crippen LogP contribution in [0, 0.1) is 35.0 Å². The Morgan fingerprint density at radius 3 is 2.67 bits per heavy atom. The van der Waals surface area contributed by atoms with Gasteiger partial charge in [0.05, 0.1) is 46.6 Å². The number of pyridine rings is 1. The number of ether oxygens (including phenoxy) is 2. The van der Waals surface area contributed by atoms with Gasteiger partial charge in [-0.3, -0.25) is 24.4 Å². The summed E-state index contributed by atoms with van der Waals surface area (Å²) in [6.07, 6.45) is 2.01. The number of nitrogens with one attached hydrogen (secondary N) is 2. The lowest BCUT2D eigenvalue weighted by molar-refractivity contribution is -0.156. The number of nitrogens with zero attached hydrogens (tertiary/aromatic N) is 4. The van der Waals surface area contributed by atoms with Crippen LogP contribution in [-0.2, 0) is 43.2 Å². The molecule has 2 amide bonds. The summed E-state index contributed by atoms with van der Waals surface area (Å²) in [5, 5.41) is 7.57. The molecule has 0 spiro atoms. The van der Waals surface area contributed by atoms with E-state index in [2.05, 4.69) is 40.4 Å². The van der Waals surface area contributed by atoms with Gasteiger partial charge in [-0.2, -0.15) is 0 Å². The number of aromatic nitrogens is 3. The summed E-state index contributed by atoms with van der Waals surface area (Å²) in [5.74, 6) is -7.28. The van der Waals surface area contributed by atoms with Crippen molar-refractivity contribution in [1.29, 1.82) is 0 Å². The summed E-state index contributed by atoms with van der Waals surface area (Å²) in [6, 6.07) is 7.71. The molecular weight excluding hydrogens is 727 g/mol. The monoisotopic (exact) mass is 774 g/mol. The Hall–Kier alpha value is -4.27. The number of benzene rings is 1. The number of halogens is 2. The third-order valence-electron chi connectivity index (χ3n) is 12.4. The number of aryl methyl sites for hydroxylation is 1. The number of alkyl halides is 2. The first-order chi connectivity index (χ1) is 26.1. The average molecular weight is 775 g/mol. The van der Waals surface area contributed by atoms with Gasteiger partial charge in [-0.25, -0.2) is 19.2 Å². The molecular formula is C41H48F2N6O5S. The van der Waals surface area contributed by atoms with Gasteiger partial charge in [0.25, 0.3) is 11.8 Å². The molecule has 292 valence electrons. The second kappa shape index (κ2) is 13.7. The summed E-state index contributed by atoms with van der Waals surface area (Å²) < 4.78 is 44.5. The van der Waals surface area contributed by atoms with E-state index < -0.39 is 47.1 Å². The molecule has 1 aromatic carbocycles. The predicted octanol–water partition coefficient (Wildman–Crippen LogP) is 6.21. The largest absolute Gasteiger partial charge is 0.464 e. The lowest BCUT2D eigenvalue weighted by atomic mass is 9.84. The zero-order valence-electron chi connectivity index (χ0n) is 32.2. The zero-order valence-corrected chi connectivity index (χ0v) is 33.0. The molecule has 4 aromatic rings. The molecule has 7 unspecified atom stereocenters. The van der Waals surface area contributed by atoms with Crippen LogP contribution in [0.2, 0.25) is 0 Å². The lowest BCUT2D eigenvalue weighted by Crippen LogP contribution is -2.61. The summed E-state index contributed by atoms with van der Waals surface area (Å²) in [4.78, 5) is 51.1. The van der Waals surface area contributed by atoms with E-state index in [0.29, 0.717) is 18.0 Å². The molecule has 5 heterocycles. The molecule has 2 saturated carbocycles. The SMILES string of the molecule is CCn1c(-c2cccnc2C(C)OC)c2c3cc(ccc31)-c1csc(n1)CC(NC(=O)C1C(C)C1C)C(=O)N1CC3C(C(N1)C(=O)OCC(C)(C)C2)C3(F)F. The number of fused-ring (bicyclic) bond motifs is 8. The predicted molar refractivity (Wildman–Crippen MR) is 204 cm³/mol. The highest BCUT2D eigenvalue weighted by Crippen LogP contribution is 2.59. The molecule has 2 aliphatic heterocycles. The number of hydrazine groups is 1. The Morgan fingerprint density at radius 1 is 1.20 bits per heavy atom. The topological polar surface area (TPSA) is 128 Å². The second-order valence-corrected chi connectivity index (χ2v) is 17.5. The van der Waals surface area contributed by atoms with Crippen LogP contribution in [0.25, 0.3) is 33.4 Å². The molecule has 2 N–H and O–H groups in total. The zero-order chi connectivity index (χ0) is 39.1. The number of hydrogen-bond acceptors (Lipinski definition) is 9. The van der Waals surface area contributed by atoms with Crippen molar-refractivity contribution in [2.45, 2.75) is 85.0 Å². The average Bonchev–Trinajstić information content (AvgIpc) is 3.73. The Labute approximate surface area is 323 Å². The highest BCUT2D eigenvalue weighted by Gasteiger charge is 2.75. The highest BCUT2D eigenvalue weighted by molar-refractivity contribution is 7.10. The van der Waals surface area contributed by atoms with Gasteiger partial charge in [0.1, 0.15) is 12.1 Å². The van der Waals surface area contributed by atoms with E-state index in [1.807, 2.05) is 52.1 Å². The highest BCUT2D eigenvalue weighted by atomic mass is 32.1. The number of hydrogen-bond donors (Lipinski definition) is 2. The first-order valence-electron chi connectivity index (χ1n) is 19.2. The van der Waals surface area contributed by atoms with E-state index in [0.717, 1.165) is 49.7 Å². The van der Waals surface area contributed by atoms with Gasteiger partial charge < -0.3 is 19.4 Å². The van der Waals surface area contributed by atoms with Crippen LogP contribution in [0.1, 0.15) is 63.9 Å². The van der Waals surface area contributed by atoms with Crippen LogP contribution in [0.3, 0.4) is 0 Å². The number of carbonyl (C=O) groups is 3. The fourth-order valence-electron chi connectivity index (χ4n) is 8.80. The summed E-state index contributed by atoms with van der Waals surface area (Å²) in [7, 11) is 1.66. The molecule has 14 heteroatoms. The molecule has 11 nitrogen and oxygen atoms in total. The molecule has 1 saturated heterocycles. The van der Waals surface area contributed by atoms with E-state index >= 15 is 8.78 Å². The fourth-order valence-corrected chi connectivity index (χ4v) is 9.65. The first kappa shape index (κ1) is 37.6. The van der Waals surface area contributed by atoms with Crippen molar-refractivity contribution < 1.29 is 32.6 Å². The number of cyclic esters (lactones) is 1. The van der Waals surface area contributed by atoms with Crippen LogP contribution >= 0.6 is 11.3 Å². The fraction of sp³-hybridized carbons (Fsp3) is 0.537. The van der Waals surface area contributed by atoms with Crippen LogP contribution < -0.4 is 10.7 Å². The molecule has 55 heavy (non-hydrogen) atoms. The smallest absolute Gasteiger partial charge is 0.325 e. The molecule has 3 aromatic heterocycles. The number of esters is 1. The van der Waals surface area contributed by atoms with Crippen molar-refractivity contribution in [2.24, 2.45) is 35.0 Å². The van der Waals surface area contributed by atoms with E-state index in [1.165, 1.54) is 11.3 Å². The van der Waals surface area contributed by atoms with Crippen LogP contribution in [0.5, 0.6) is 0 Å². The second-order valence-electron chi connectivity index (χ2n) is 16.6. The number of methoxy groups -OCH3 is 1. The maximum Gasteiger partial charge on any atom is 0.325 e. The Kier molecular flexibility index (Phi) is 9.40. The standard InChI is InChI=1S/C41H48F2N6O5S/c1-8-48-30-12-11-23-14-25(30)26(36(48)24-10-9-13-44-34(24)22(4)53-7)16-40(5,6)19-54-39(52)35-33-27(41(33,42)43)17-49(47-35)38(51)28(15-31-45-29(23)18-55-31)46-37(50)32-20(2)21(32)3/h9-14,18,20-22,27-28,32-33,35,47H,8,15-17,19H2,1-7H3,(H,46,50). The van der Waals surface area contributed by atoms with Crippen molar-refractivity contribution in [3.63, 3.8) is 0 Å². The van der Waals surface area contributed by atoms with Crippen molar-refractivity contribution in [2.75, 3.05) is 20.3 Å². The van der Waals surface area contributed by atoms with E-state index in [4.69, 9.17) is 19.4 Å². The maximum absolute atomic E-state index is 15.3. The Balaban J connectivity index is 1.26. The van der Waals surface area contributed by atoms with Crippen molar-refractivity contribution >= 4 is 40.0 Å². The number of amides is 2. The lowest BCUT2D eigenvalue weighted by Gasteiger charge is -2.34. The summed E-state index contributed by atoms with van der Waals surface area (Å²) >= 11 is 1.37. The molecule has 7 atom stereocenters. The third kappa shape index (κ3) is 6.53. The minimum Gasteiger partial charge on any atom is -0.464 e. The van der Waals surface area contributed by atoms with Gasteiger partial charge in [0.15, 0.2) is 0 Å². The maximum atomic E-state index is 15.3. The summed E-state index contributed by atoms with van der Waals surface area (Å²) in [5.41, 5.74) is 8.53.